The summed E-state index contributed by atoms with van der Waals surface area (Å²) in [7, 11) is 0. The SMILES string of the molecule is Cl.Nc1ncc(CNC2(c3ccc(Br)cc3)CC2)s1. The molecular formula is C13H15BrClN3S. The highest BCUT2D eigenvalue weighted by atomic mass is 79.9. The molecule has 0 atom stereocenters. The molecule has 102 valence electrons. The second kappa shape index (κ2) is 5.79. The van der Waals surface area contributed by atoms with Gasteiger partial charge >= 0.3 is 0 Å². The van der Waals surface area contributed by atoms with Crippen molar-refractivity contribution in [2.45, 2.75) is 24.9 Å². The number of aromatic nitrogens is 1. The Hall–Kier alpha value is -0.620. The fourth-order valence-corrected chi connectivity index (χ4v) is 3.01. The molecule has 1 aromatic heterocycles. The number of thiazole rings is 1. The van der Waals surface area contributed by atoms with E-state index < -0.39 is 0 Å². The van der Waals surface area contributed by atoms with Gasteiger partial charge in [-0.1, -0.05) is 28.1 Å². The van der Waals surface area contributed by atoms with Crippen LogP contribution in [0.15, 0.2) is 34.9 Å². The summed E-state index contributed by atoms with van der Waals surface area (Å²) in [5, 5.41) is 4.27. The Morgan fingerprint density at radius 3 is 2.53 bits per heavy atom. The number of halogens is 2. The standard InChI is InChI=1S/C13H14BrN3S.ClH/c14-10-3-1-9(2-4-10)13(5-6-13)17-8-11-7-16-12(15)18-11;/h1-4,7,17H,5-6,8H2,(H2,15,16);1H. The summed E-state index contributed by atoms with van der Waals surface area (Å²) in [4.78, 5) is 5.26. The lowest BCUT2D eigenvalue weighted by atomic mass is 10.1. The predicted octanol–water partition coefficient (Wildman–Crippen LogP) is 3.69. The molecule has 3 rings (SSSR count). The summed E-state index contributed by atoms with van der Waals surface area (Å²) >= 11 is 5.02. The van der Waals surface area contributed by atoms with Crippen LogP contribution in [0.3, 0.4) is 0 Å². The number of hydrogen-bond donors (Lipinski definition) is 2. The fraction of sp³-hybridized carbons (Fsp3) is 0.308. The largest absolute Gasteiger partial charge is 0.375 e. The third kappa shape index (κ3) is 3.28. The van der Waals surface area contributed by atoms with Crippen LogP contribution in [0.25, 0.3) is 0 Å². The Balaban J connectivity index is 0.00000133. The molecule has 1 heterocycles. The second-order valence-electron chi connectivity index (χ2n) is 4.61. The van der Waals surface area contributed by atoms with Gasteiger partial charge in [0.05, 0.1) is 0 Å². The highest BCUT2D eigenvalue weighted by molar-refractivity contribution is 9.10. The number of nitrogen functional groups attached to an aromatic ring is 1. The van der Waals surface area contributed by atoms with Crippen molar-refractivity contribution in [1.29, 1.82) is 0 Å². The van der Waals surface area contributed by atoms with E-state index in [0.29, 0.717) is 5.13 Å². The first-order valence-corrected chi connectivity index (χ1v) is 7.50. The summed E-state index contributed by atoms with van der Waals surface area (Å²) in [6.07, 6.45) is 4.25. The maximum Gasteiger partial charge on any atom is 0.180 e. The van der Waals surface area contributed by atoms with E-state index in [1.807, 2.05) is 6.20 Å². The minimum Gasteiger partial charge on any atom is -0.375 e. The van der Waals surface area contributed by atoms with Crippen LogP contribution in [-0.2, 0) is 12.1 Å². The number of nitrogens with zero attached hydrogens (tertiary/aromatic N) is 1. The molecule has 6 heteroatoms. The van der Waals surface area contributed by atoms with Gasteiger partial charge in [-0.25, -0.2) is 4.98 Å². The number of nitrogens with one attached hydrogen (secondary N) is 1. The monoisotopic (exact) mass is 359 g/mol. The van der Waals surface area contributed by atoms with E-state index in [0.717, 1.165) is 11.0 Å². The van der Waals surface area contributed by atoms with E-state index in [4.69, 9.17) is 5.73 Å². The topological polar surface area (TPSA) is 50.9 Å². The number of benzene rings is 1. The van der Waals surface area contributed by atoms with Gasteiger partial charge in [-0.3, -0.25) is 0 Å². The minimum atomic E-state index is 0. The lowest BCUT2D eigenvalue weighted by Gasteiger charge is -2.17. The van der Waals surface area contributed by atoms with E-state index in [-0.39, 0.29) is 17.9 Å². The zero-order valence-electron chi connectivity index (χ0n) is 10.2. The van der Waals surface area contributed by atoms with Crippen LogP contribution in [0.4, 0.5) is 5.13 Å². The van der Waals surface area contributed by atoms with Crippen LogP contribution in [0, 0.1) is 0 Å². The van der Waals surface area contributed by atoms with Gasteiger partial charge in [0, 0.05) is 27.6 Å². The second-order valence-corrected chi connectivity index (χ2v) is 6.67. The van der Waals surface area contributed by atoms with Crippen molar-refractivity contribution in [2.75, 3.05) is 5.73 Å². The van der Waals surface area contributed by atoms with Crippen molar-refractivity contribution < 1.29 is 0 Å². The quantitative estimate of drug-likeness (QED) is 0.874. The molecule has 0 unspecified atom stereocenters. The van der Waals surface area contributed by atoms with Crippen molar-refractivity contribution in [3.05, 3.63) is 45.4 Å². The first-order chi connectivity index (χ1) is 8.68. The predicted molar refractivity (Wildman–Crippen MR) is 85.7 cm³/mol. The fourth-order valence-electron chi connectivity index (χ4n) is 2.12. The molecule has 19 heavy (non-hydrogen) atoms. The third-order valence-electron chi connectivity index (χ3n) is 3.32. The van der Waals surface area contributed by atoms with Gasteiger partial charge in [-0.15, -0.1) is 23.7 Å². The molecule has 2 aromatic rings. The summed E-state index contributed by atoms with van der Waals surface area (Å²) in [6, 6.07) is 8.57. The number of hydrogen-bond acceptors (Lipinski definition) is 4. The average molecular weight is 361 g/mol. The van der Waals surface area contributed by atoms with Crippen LogP contribution in [0.1, 0.15) is 23.3 Å². The molecule has 0 aliphatic heterocycles. The number of rotatable bonds is 4. The maximum atomic E-state index is 5.64. The average Bonchev–Trinajstić information content (AvgIpc) is 3.05. The van der Waals surface area contributed by atoms with E-state index in [2.05, 4.69) is 50.5 Å². The van der Waals surface area contributed by atoms with Gasteiger partial charge in [0.2, 0.25) is 0 Å². The molecule has 1 aromatic carbocycles. The Morgan fingerprint density at radius 2 is 2.00 bits per heavy atom. The van der Waals surface area contributed by atoms with E-state index in [9.17, 15) is 0 Å². The molecule has 1 saturated carbocycles. The van der Waals surface area contributed by atoms with Gasteiger partial charge in [-0.2, -0.15) is 0 Å². The molecule has 0 saturated heterocycles. The van der Waals surface area contributed by atoms with Crippen LogP contribution >= 0.6 is 39.7 Å². The van der Waals surface area contributed by atoms with Gasteiger partial charge in [0.15, 0.2) is 5.13 Å². The van der Waals surface area contributed by atoms with Crippen molar-refractivity contribution in [1.82, 2.24) is 10.3 Å². The number of anilines is 1. The maximum absolute atomic E-state index is 5.64. The van der Waals surface area contributed by atoms with E-state index in [1.54, 1.807) is 11.3 Å². The van der Waals surface area contributed by atoms with Crippen molar-refractivity contribution in [3.63, 3.8) is 0 Å². The summed E-state index contributed by atoms with van der Waals surface area (Å²) < 4.78 is 1.12. The summed E-state index contributed by atoms with van der Waals surface area (Å²) in [5.74, 6) is 0. The molecule has 1 fully saturated rings. The highest BCUT2D eigenvalue weighted by Crippen LogP contribution is 2.46. The van der Waals surface area contributed by atoms with Crippen LogP contribution in [0.5, 0.6) is 0 Å². The smallest absolute Gasteiger partial charge is 0.180 e. The summed E-state index contributed by atoms with van der Waals surface area (Å²) in [5.41, 5.74) is 7.17. The van der Waals surface area contributed by atoms with Gasteiger partial charge in [-0.05, 0) is 30.5 Å². The van der Waals surface area contributed by atoms with Gasteiger partial charge < -0.3 is 11.1 Å². The van der Waals surface area contributed by atoms with Gasteiger partial charge in [0.1, 0.15) is 0 Å². The molecule has 3 nitrogen and oxygen atoms in total. The Kier molecular flexibility index (Phi) is 4.50. The van der Waals surface area contributed by atoms with Crippen LogP contribution < -0.4 is 11.1 Å². The Morgan fingerprint density at radius 1 is 1.32 bits per heavy atom. The molecule has 1 aliphatic carbocycles. The van der Waals surface area contributed by atoms with E-state index in [1.165, 1.54) is 23.3 Å². The molecule has 3 N–H and O–H groups in total. The first-order valence-electron chi connectivity index (χ1n) is 5.89. The molecule has 1 aliphatic rings. The first kappa shape index (κ1) is 14.8. The third-order valence-corrected chi connectivity index (χ3v) is 4.67. The lowest BCUT2D eigenvalue weighted by molar-refractivity contribution is 0.521. The lowest BCUT2D eigenvalue weighted by Crippen LogP contribution is -2.27. The molecule has 0 spiro atoms. The molecule has 0 radical (unpaired) electrons. The van der Waals surface area contributed by atoms with Crippen LogP contribution in [0.2, 0.25) is 0 Å². The van der Waals surface area contributed by atoms with Crippen molar-refractivity contribution in [2.24, 2.45) is 0 Å². The van der Waals surface area contributed by atoms with Gasteiger partial charge in [0.25, 0.3) is 0 Å². The zero-order chi connectivity index (χ0) is 12.6. The molecule has 0 bridgehead atoms. The summed E-state index contributed by atoms with van der Waals surface area (Å²) in [6.45, 7) is 0.838. The Labute approximate surface area is 131 Å². The minimum absolute atomic E-state index is 0. The highest BCUT2D eigenvalue weighted by Gasteiger charge is 2.43. The molecular weight excluding hydrogens is 346 g/mol. The van der Waals surface area contributed by atoms with Crippen molar-refractivity contribution >= 4 is 44.8 Å². The normalized spacial score (nSPS) is 15.8. The number of nitrogens with two attached hydrogens (primary N) is 1. The molecule has 0 amide bonds. The van der Waals surface area contributed by atoms with Crippen LogP contribution in [-0.4, -0.2) is 4.98 Å². The van der Waals surface area contributed by atoms with E-state index >= 15 is 0 Å². The van der Waals surface area contributed by atoms with Crippen molar-refractivity contribution in [3.8, 4) is 0 Å². The zero-order valence-corrected chi connectivity index (χ0v) is 13.4. The Bertz CT molecular complexity index is 551.